The van der Waals surface area contributed by atoms with Gasteiger partial charge in [0.25, 0.3) is 0 Å². The highest BCUT2D eigenvalue weighted by atomic mass is 16.4. The monoisotopic (exact) mass is 298 g/mol. The van der Waals surface area contributed by atoms with Crippen LogP contribution in [0.25, 0.3) is 0 Å². The standard InChI is InChI=1S/C16H30N2O3/c1-12(2)11-17-6-8-18(9-7-17)14(19)10-16(5,13(3)4)15(20)21/h12-13H,6-11H2,1-5H3,(H,20,21). The molecule has 1 heterocycles. The van der Waals surface area contributed by atoms with Gasteiger partial charge in [0, 0.05) is 39.1 Å². The Morgan fingerprint density at radius 1 is 1.10 bits per heavy atom. The number of nitrogens with zero attached hydrogens (tertiary/aromatic N) is 2. The number of hydrogen-bond acceptors (Lipinski definition) is 3. The molecule has 0 saturated carbocycles. The van der Waals surface area contributed by atoms with Crippen molar-refractivity contribution in [3.05, 3.63) is 0 Å². The topological polar surface area (TPSA) is 60.9 Å². The first-order chi connectivity index (χ1) is 9.66. The molecule has 5 nitrogen and oxygen atoms in total. The average Bonchev–Trinajstić information content (AvgIpc) is 2.38. The lowest BCUT2D eigenvalue weighted by Gasteiger charge is -2.37. The molecule has 1 amide bonds. The Hall–Kier alpha value is -1.10. The van der Waals surface area contributed by atoms with Gasteiger partial charge in [-0.3, -0.25) is 14.5 Å². The van der Waals surface area contributed by atoms with E-state index in [4.69, 9.17) is 0 Å². The molecular weight excluding hydrogens is 268 g/mol. The third-order valence-electron chi connectivity index (χ3n) is 4.63. The van der Waals surface area contributed by atoms with Gasteiger partial charge >= 0.3 is 5.97 Å². The van der Waals surface area contributed by atoms with Gasteiger partial charge in [0.15, 0.2) is 0 Å². The first kappa shape index (κ1) is 18.0. The Balaban J connectivity index is 2.56. The van der Waals surface area contributed by atoms with E-state index >= 15 is 0 Å². The Labute approximate surface area is 128 Å². The van der Waals surface area contributed by atoms with Crippen molar-refractivity contribution in [1.82, 2.24) is 9.80 Å². The molecule has 21 heavy (non-hydrogen) atoms. The van der Waals surface area contributed by atoms with E-state index < -0.39 is 11.4 Å². The summed E-state index contributed by atoms with van der Waals surface area (Å²) in [5, 5.41) is 9.41. The highest BCUT2D eigenvalue weighted by Crippen LogP contribution is 2.32. The zero-order valence-corrected chi connectivity index (χ0v) is 14.1. The number of carbonyl (C=O) groups is 2. The van der Waals surface area contributed by atoms with E-state index in [1.165, 1.54) is 0 Å². The lowest BCUT2D eigenvalue weighted by molar-refractivity contribution is -0.156. The van der Waals surface area contributed by atoms with Gasteiger partial charge in [0.1, 0.15) is 0 Å². The lowest BCUT2D eigenvalue weighted by Crippen LogP contribution is -2.51. The number of rotatable bonds is 6. The Bertz CT molecular complexity index is 374. The van der Waals surface area contributed by atoms with Crippen molar-refractivity contribution in [3.63, 3.8) is 0 Å². The summed E-state index contributed by atoms with van der Waals surface area (Å²) < 4.78 is 0. The summed E-state index contributed by atoms with van der Waals surface area (Å²) in [4.78, 5) is 28.1. The second kappa shape index (κ2) is 7.25. The van der Waals surface area contributed by atoms with Crippen molar-refractivity contribution in [2.75, 3.05) is 32.7 Å². The highest BCUT2D eigenvalue weighted by Gasteiger charge is 2.40. The smallest absolute Gasteiger partial charge is 0.310 e. The number of carboxylic acids is 1. The molecule has 0 aromatic heterocycles. The molecule has 1 aliphatic rings. The molecular formula is C16H30N2O3. The molecule has 0 aromatic carbocycles. The zero-order chi connectivity index (χ0) is 16.2. The van der Waals surface area contributed by atoms with Crippen molar-refractivity contribution in [2.45, 2.75) is 41.0 Å². The Morgan fingerprint density at radius 3 is 2.00 bits per heavy atom. The molecule has 0 aromatic rings. The fraction of sp³-hybridized carbons (Fsp3) is 0.875. The second-order valence-electron chi connectivity index (χ2n) is 7.13. The maximum atomic E-state index is 12.4. The van der Waals surface area contributed by atoms with Crippen molar-refractivity contribution >= 4 is 11.9 Å². The summed E-state index contributed by atoms with van der Waals surface area (Å²) in [5.74, 6) is -0.355. The number of piperazine rings is 1. The summed E-state index contributed by atoms with van der Waals surface area (Å²) in [5.41, 5.74) is -0.980. The van der Waals surface area contributed by atoms with E-state index in [1.807, 2.05) is 18.7 Å². The third kappa shape index (κ3) is 4.70. The van der Waals surface area contributed by atoms with E-state index in [1.54, 1.807) is 6.92 Å². The van der Waals surface area contributed by atoms with E-state index in [0.717, 1.165) is 19.6 Å². The van der Waals surface area contributed by atoms with E-state index in [2.05, 4.69) is 18.7 Å². The largest absolute Gasteiger partial charge is 0.481 e. The fourth-order valence-electron chi connectivity index (χ4n) is 2.65. The fourth-order valence-corrected chi connectivity index (χ4v) is 2.65. The van der Waals surface area contributed by atoms with E-state index in [-0.39, 0.29) is 18.2 Å². The van der Waals surface area contributed by atoms with Crippen LogP contribution in [-0.2, 0) is 9.59 Å². The van der Waals surface area contributed by atoms with Crippen LogP contribution in [0.3, 0.4) is 0 Å². The normalized spacial score (nSPS) is 19.9. The van der Waals surface area contributed by atoms with Crippen molar-refractivity contribution in [1.29, 1.82) is 0 Å². The van der Waals surface area contributed by atoms with Crippen LogP contribution in [0.2, 0.25) is 0 Å². The van der Waals surface area contributed by atoms with E-state index in [9.17, 15) is 14.7 Å². The molecule has 1 unspecified atom stereocenters. The molecule has 0 aliphatic carbocycles. The van der Waals surface area contributed by atoms with Crippen LogP contribution in [0.5, 0.6) is 0 Å². The Kier molecular flexibility index (Phi) is 6.20. The minimum atomic E-state index is -0.980. The first-order valence-electron chi connectivity index (χ1n) is 7.90. The summed E-state index contributed by atoms with van der Waals surface area (Å²) in [6.07, 6.45) is 0.0875. The lowest BCUT2D eigenvalue weighted by atomic mass is 9.76. The van der Waals surface area contributed by atoms with Crippen molar-refractivity contribution in [2.24, 2.45) is 17.3 Å². The van der Waals surface area contributed by atoms with Crippen LogP contribution in [0.1, 0.15) is 41.0 Å². The van der Waals surface area contributed by atoms with Crippen molar-refractivity contribution < 1.29 is 14.7 Å². The molecule has 0 spiro atoms. The molecule has 1 N–H and O–H groups in total. The van der Waals surface area contributed by atoms with Gasteiger partial charge in [-0.05, 0) is 18.8 Å². The molecule has 122 valence electrons. The molecule has 1 saturated heterocycles. The van der Waals surface area contributed by atoms with Gasteiger partial charge < -0.3 is 10.0 Å². The molecule has 0 bridgehead atoms. The van der Waals surface area contributed by atoms with Gasteiger partial charge in [-0.25, -0.2) is 0 Å². The van der Waals surface area contributed by atoms with Crippen LogP contribution < -0.4 is 0 Å². The van der Waals surface area contributed by atoms with Crippen molar-refractivity contribution in [3.8, 4) is 0 Å². The molecule has 1 rings (SSSR count). The summed E-state index contributed by atoms with van der Waals surface area (Å²) >= 11 is 0. The van der Waals surface area contributed by atoms with Crippen LogP contribution in [0, 0.1) is 17.3 Å². The third-order valence-corrected chi connectivity index (χ3v) is 4.63. The average molecular weight is 298 g/mol. The molecule has 5 heteroatoms. The quantitative estimate of drug-likeness (QED) is 0.814. The maximum absolute atomic E-state index is 12.4. The van der Waals surface area contributed by atoms with Gasteiger partial charge in [-0.2, -0.15) is 0 Å². The number of carboxylic acid groups (broad SMARTS) is 1. The summed E-state index contributed by atoms with van der Waals surface area (Å²) in [7, 11) is 0. The molecule has 1 aliphatic heterocycles. The number of aliphatic carboxylic acids is 1. The minimum absolute atomic E-state index is 0.0298. The van der Waals surface area contributed by atoms with Crippen LogP contribution in [0.15, 0.2) is 0 Å². The molecule has 1 atom stereocenters. The van der Waals surface area contributed by atoms with Crippen LogP contribution >= 0.6 is 0 Å². The number of hydrogen-bond donors (Lipinski definition) is 1. The summed E-state index contributed by atoms with van der Waals surface area (Å²) in [6.45, 7) is 14.0. The SMILES string of the molecule is CC(C)CN1CCN(C(=O)CC(C)(C(=O)O)C(C)C)CC1. The predicted octanol–water partition coefficient (Wildman–Crippen LogP) is 1.92. The Morgan fingerprint density at radius 2 is 1.62 bits per heavy atom. The predicted molar refractivity (Wildman–Crippen MR) is 83.1 cm³/mol. The van der Waals surface area contributed by atoms with Gasteiger partial charge in [-0.15, -0.1) is 0 Å². The van der Waals surface area contributed by atoms with E-state index in [0.29, 0.717) is 19.0 Å². The molecule has 0 radical (unpaired) electrons. The summed E-state index contributed by atoms with van der Waals surface area (Å²) in [6, 6.07) is 0. The van der Waals surface area contributed by atoms with Gasteiger partial charge in [-0.1, -0.05) is 27.7 Å². The van der Waals surface area contributed by atoms with Crippen LogP contribution in [-0.4, -0.2) is 59.5 Å². The van der Waals surface area contributed by atoms with Gasteiger partial charge in [0.05, 0.1) is 5.41 Å². The maximum Gasteiger partial charge on any atom is 0.310 e. The minimum Gasteiger partial charge on any atom is -0.481 e. The zero-order valence-electron chi connectivity index (χ0n) is 14.1. The first-order valence-corrected chi connectivity index (χ1v) is 7.90. The number of amides is 1. The highest BCUT2D eigenvalue weighted by molar-refractivity contribution is 5.85. The molecule has 1 fully saturated rings. The number of carbonyl (C=O) groups excluding carboxylic acids is 1. The van der Waals surface area contributed by atoms with Gasteiger partial charge in [0.2, 0.25) is 5.91 Å². The van der Waals surface area contributed by atoms with Crippen LogP contribution in [0.4, 0.5) is 0 Å². The second-order valence-corrected chi connectivity index (χ2v) is 7.13.